The van der Waals surface area contributed by atoms with Gasteiger partial charge in [-0.3, -0.25) is 4.79 Å². The van der Waals surface area contributed by atoms with Crippen LogP contribution in [-0.2, 0) is 0 Å². The zero-order valence-corrected chi connectivity index (χ0v) is 14.6. The number of hydrogen-bond donors (Lipinski definition) is 1. The van der Waals surface area contributed by atoms with E-state index in [2.05, 4.69) is 37.3 Å². The normalized spacial score (nSPS) is 19.6. The number of amides is 1. The van der Waals surface area contributed by atoms with Crippen molar-refractivity contribution in [1.29, 1.82) is 0 Å². The molecular weight excluding hydrogens is 304 g/mol. The van der Waals surface area contributed by atoms with Crippen molar-refractivity contribution in [1.82, 2.24) is 4.90 Å². The first-order valence-electron chi connectivity index (χ1n) is 8.25. The Morgan fingerprint density at radius 2 is 2.04 bits per heavy atom. The fourth-order valence-electron chi connectivity index (χ4n) is 3.20. The van der Waals surface area contributed by atoms with Crippen molar-refractivity contribution in [3.05, 3.63) is 46.2 Å². The van der Waals surface area contributed by atoms with Crippen LogP contribution in [0.4, 0.5) is 0 Å². The minimum Gasteiger partial charge on any atom is -0.338 e. The molecule has 0 spiro atoms. The van der Waals surface area contributed by atoms with Crippen LogP contribution in [0, 0.1) is 12.8 Å². The lowest BCUT2D eigenvalue weighted by molar-refractivity contribution is 0.0666. The third-order valence-corrected chi connectivity index (χ3v) is 5.61. The van der Waals surface area contributed by atoms with E-state index in [9.17, 15) is 4.79 Å². The van der Waals surface area contributed by atoms with Gasteiger partial charge < -0.3 is 10.6 Å². The summed E-state index contributed by atoms with van der Waals surface area (Å²) in [6.45, 7) is 5.74. The van der Waals surface area contributed by atoms with E-state index in [0.717, 1.165) is 41.9 Å². The van der Waals surface area contributed by atoms with Gasteiger partial charge in [-0.05, 0) is 49.6 Å². The molecule has 0 bridgehead atoms. The van der Waals surface area contributed by atoms with Crippen LogP contribution in [0.25, 0.3) is 11.1 Å². The number of nitrogens with zero attached hydrogens (tertiary/aromatic N) is 1. The highest BCUT2D eigenvalue weighted by Crippen LogP contribution is 2.31. The average Bonchev–Trinajstić information content (AvgIpc) is 3.04. The third kappa shape index (κ3) is 3.48. The Balaban J connectivity index is 1.83. The molecule has 3 rings (SSSR count). The van der Waals surface area contributed by atoms with Gasteiger partial charge in [0.05, 0.1) is 4.88 Å². The standard InChI is InChI=1S/C19H24N2OS/c1-13-5-7-15(8-6-13)17-9-11-23-18(17)19(22)21-10-3-4-16(12-21)14(2)20/h5-9,11,14,16H,3-4,10,12,20H2,1-2H3. The van der Waals surface area contributed by atoms with Gasteiger partial charge >= 0.3 is 0 Å². The van der Waals surface area contributed by atoms with Crippen molar-refractivity contribution in [2.24, 2.45) is 11.7 Å². The SMILES string of the molecule is Cc1ccc(-c2ccsc2C(=O)N2CCCC(C(C)N)C2)cc1. The van der Waals surface area contributed by atoms with E-state index in [1.54, 1.807) is 0 Å². The highest BCUT2D eigenvalue weighted by atomic mass is 32.1. The minimum absolute atomic E-state index is 0.144. The largest absolute Gasteiger partial charge is 0.338 e. The first kappa shape index (κ1) is 16.2. The molecule has 0 saturated carbocycles. The topological polar surface area (TPSA) is 46.3 Å². The van der Waals surface area contributed by atoms with E-state index in [0.29, 0.717) is 5.92 Å². The maximum Gasteiger partial charge on any atom is 0.264 e. The van der Waals surface area contributed by atoms with Gasteiger partial charge in [0.15, 0.2) is 0 Å². The molecule has 1 aromatic carbocycles. The van der Waals surface area contributed by atoms with E-state index in [1.807, 2.05) is 17.2 Å². The second-order valence-electron chi connectivity index (χ2n) is 6.54. The predicted molar refractivity (Wildman–Crippen MR) is 96.8 cm³/mol. The van der Waals surface area contributed by atoms with Crippen LogP contribution in [0.5, 0.6) is 0 Å². The number of carbonyl (C=O) groups is 1. The molecule has 2 unspecified atom stereocenters. The zero-order chi connectivity index (χ0) is 16.4. The molecule has 1 aromatic heterocycles. The first-order chi connectivity index (χ1) is 11.1. The lowest BCUT2D eigenvalue weighted by Gasteiger charge is -2.34. The summed E-state index contributed by atoms with van der Waals surface area (Å²) >= 11 is 1.54. The first-order valence-corrected chi connectivity index (χ1v) is 9.13. The molecule has 2 heterocycles. The monoisotopic (exact) mass is 328 g/mol. The Morgan fingerprint density at radius 3 is 2.74 bits per heavy atom. The van der Waals surface area contributed by atoms with E-state index in [-0.39, 0.29) is 11.9 Å². The van der Waals surface area contributed by atoms with E-state index < -0.39 is 0 Å². The molecule has 1 amide bonds. The number of rotatable bonds is 3. The maximum atomic E-state index is 13.0. The van der Waals surface area contributed by atoms with Gasteiger partial charge in [-0.25, -0.2) is 0 Å². The highest BCUT2D eigenvalue weighted by Gasteiger charge is 2.28. The minimum atomic E-state index is 0.144. The van der Waals surface area contributed by atoms with Crippen LogP contribution < -0.4 is 5.73 Å². The molecule has 23 heavy (non-hydrogen) atoms. The van der Waals surface area contributed by atoms with E-state index in [1.165, 1.54) is 16.9 Å². The second-order valence-corrected chi connectivity index (χ2v) is 7.46. The Labute approximate surface area is 142 Å². The van der Waals surface area contributed by atoms with Gasteiger partial charge in [-0.15, -0.1) is 11.3 Å². The molecule has 0 aliphatic carbocycles. The van der Waals surface area contributed by atoms with Crippen LogP contribution >= 0.6 is 11.3 Å². The number of piperidine rings is 1. The summed E-state index contributed by atoms with van der Waals surface area (Å²) in [6, 6.07) is 10.6. The van der Waals surface area contributed by atoms with Gasteiger partial charge in [0.2, 0.25) is 0 Å². The van der Waals surface area contributed by atoms with Crippen LogP contribution in [0.1, 0.15) is 35.0 Å². The van der Waals surface area contributed by atoms with E-state index in [4.69, 9.17) is 5.73 Å². The molecule has 1 aliphatic rings. The van der Waals surface area contributed by atoms with Gasteiger partial charge in [-0.1, -0.05) is 29.8 Å². The van der Waals surface area contributed by atoms with Crippen molar-refractivity contribution in [2.45, 2.75) is 32.7 Å². The van der Waals surface area contributed by atoms with Gasteiger partial charge in [0.1, 0.15) is 0 Å². The van der Waals surface area contributed by atoms with Crippen molar-refractivity contribution in [3.63, 3.8) is 0 Å². The molecule has 1 fully saturated rings. The third-order valence-electron chi connectivity index (χ3n) is 4.71. The molecule has 4 heteroatoms. The molecule has 1 aliphatic heterocycles. The van der Waals surface area contributed by atoms with Gasteiger partial charge in [0.25, 0.3) is 5.91 Å². The number of carbonyl (C=O) groups excluding carboxylic acids is 1. The van der Waals surface area contributed by atoms with Crippen molar-refractivity contribution < 1.29 is 4.79 Å². The Morgan fingerprint density at radius 1 is 1.30 bits per heavy atom. The summed E-state index contributed by atoms with van der Waals surface area (Å²) in [5.41, 5.74) is 9.43. The summed E-state index contributed by atoms with van der Waals surface area (Å²) in [6.07, 6.45) is 2.17. The molecule has 2 N–H and O–H groups in total. The summed E-state index contributed by atoms with van der Waals surface area (Å²) in [4.78, 5) is 15.8. The average molecular weight is 328 g/mol. The fraction of sp³-hybridized carbons (Fsp3) is 0.421. The lowest BCUT2D eigenvalue weighted by Crippen LogP contribution is -2.44. The highest BCUT2D eigenvalue weighted by molar-refractivity contribution is 7.12. The number of nitrogens with two attached hydrogens (primary N) is 1. The van der Waals surface area contributed by atoms with Crippen LogP contribution in [0.3, 0.4) is 0 Å². The number of likely N-dealkylation sites (tertiary alicyclic amines) is 1. The molecule has 0 radical (unpaired) electrons. The van der Waals surface area contributed by atoms with Crippen LogP contribution in [0.15, 0.2) is 35.7 Å². The zero-order valence-electron chi connectivity index (χ0n) is 13.8. The second kappa shape index (κ2) is 6.85. The maximum absolute atomic E-state index is 13.0. The molecule has 1 saturated heterocycles. The quantitative estimate of drug-likeness (QED) is 0.928. The summed E-state index contributed by atoms with van der Waals surface area (Å²) in [5, 5.41) is 2.01. The predicted octanol–water partition coefficient (Wildman–Crippen LogP) is 3.92. The number of benzene rings is 1. The lowest BCUT2D eigenvalue weighted by atomic mass is 9.92. The molecule has 2 aromatic rings. The Bertz CT molecular complexity index is 675. The van der Waals surface area contributed by atoms with Gasteiger partial charge in [-0.2, -0.15) is 0 Å². The van der Waals surface area contributed by atoms with Crippen molar-refractivity contribution >= 4 is 17.2 Å². The summed E-state index contributed by atoms with van der Waals surface area (Å²) in [5.74, 6) is 0.566. The summed E-state index contributed by atoms with van der Waals surface area (Å²) in [7, 11) is 0. The molecule has 122 valence electrons. The molecule has 2 atom stereocenters. The number of thiophene rings is 1. The van der Waals surface area contributed by atoms with Crippen LogP contribution in [0.2, 0.25) is 0 Å². The van der Waals surface area contributed by atoms with Crippen molar-refractivity contribution in [3.8, 4) is 11.1 Å². The number of hydrogen-bond acceptors (Lipinski definition) is 3. The smallest absolute Gasteiger partial charge is 0.264 e. The molecular formula is C19H24N2OS. The van der Waals surface area contributed by atoms with Crippen LogP contribution in [-0.4, -0.2) is 29.9 Å². The van der Waals surface area contributed by atoms with E-state index >= 15 is 0 Å². The molecule has 3 nitrogen and oxygen atoms in total. The van der Waals surface area contributed by atoms with Crippen molar-refractivity contribution in [2.75, 3.05) is 13.1 Å². The summed E-state index contributed by atoms with van der Waals surface area (Å²) < 4.78 is 0. The fourth-order valence-corrected chi connectivity index (χ4v) is 4.09. The number of aryl methyl sites for hydroxylation is 1. The Kier molecular flexibility index (Phi) is 4.83. The van der Waals surface area contributed by atoms with Gasteiger partial charge in [0, 0.05) is 24.7 Å². The Hall–Kier alpha value is -1.65.